The van der Waals surface area contributed by atoms with E-state index < -0.39 is 17.0 Å². The highest BCUT2D eigenvalue weighted by Gasteiger charge is 2.24. The molecule has 0 unspecified atom stereocenters. The fourth-order valence-electron chi connectivity index (χ4n) is 2.74. The summed E-state index contributed by atoms with van der Waals surface area (Å²) in [4.78, 5) is 39.1. The summed E-state index contributed by atoms with van der Waals surface area (Å²) >= 11 is 1.21. The molecule has 0 bridgehead atoms. The molecule has 7 nitrogen and oxygen atoms in total. The van der Waals surface area contributed by atoms with Gasteiger partial charge in [0.2, 0.25) is 5.78 Å². The zero-order valence-electron chi connectivity index (χ0n) is 14.6. The minimum Gasteiger partial charge on any atom is -0.451 e. The lowest BCUT2D eigenvalue weighted by Crippen LogP contribution is -2.24. The number of rotatable bonds is 6. The Labute approximate surface area is 158 Å². The highest BCUT2D eigenvalue weighted by atomic mass is 32.2. The Bertz CT molecular complexity index is 1040. The number of ketones is 1. The van der Waals surface area contributed by atoms with Gasteiger partial charge in [-0.1, -0.05) is 18.2 Å². The van der Waals surface area contributed by atoms with E-state index in [4.69, 9.17) is 4.74 Å². The Balaban J connectivity index is 1.80. The first-order chi connectivity index (χ1) is 12.9. The molecule has 0 aliphatic carbocycles. The summed E-state index contributed by atoms with van der Waals surface area (Å²) in [7, 11) is 0. The predicted molar refractivity (Wildman–Crippen MR) is 102 cm³/mol. The fourth-order valence-corrected chi connectivity index (χ4v) is 3.28. The van der Waals surface area contributed by atoms with Crippen LogP contribution in [-0.2, 0) is 4.74 Å². The lowest BCUT2D eigenvalue weighted by Gasteiger charge is -2.12. The quantitative estimate of drug-likeness (QED) is 0.224. The van der Waals surface area contributed by atoms with Crippen molar-refractivity contribution in [3.8, 4) is 0 Å². The number of hydrogen-bond donors (Lipinski definition) is 1. The number of Topliss-reactive ketones (excluding diaryl/α,β-unsaturated/α-hetero) is 1. The highest BCUT2D eigenvalue weighted by Crippen LogP contribution is 2.29. The molecule has 0 aliphatic rings. The first-order valence-corrected chi connectivity index (χ1v) is 9.28. The van der Waals surface area contributed by atoms with Crippen LogP contribution in [0.1, 0.15) is 27.6 Å². The lowest BCUT2D eigenvalue weighted by atomic mass is 10.1. The normalized spacial score (nSPS) is 11.9. The summed E-state index contributed by atoms with van der Waals surface area (Å²) in [6, 6.07) is 11.4. The van der Waals surface area contributed by atoms with Gasteiger partial charge in [-0.05, 0) is 31.4 Å². The van der Waals surface area contributed by atoms with E-state index in [0.29, 0.717) is 10.5 Å². The minimum absolute atomic E-state index is 0.0260. The molecular formula is C19H16N2O5S. The van der Waals surface area contributed by atoms with Crippen LogP contribution in [0.4, 0.5) is 5.69 Å². The maximum absolute atomic E-state index is 12.7. The second-order valence-electron chi connectivity index (χ2n) is 5.80. The lowest BCUT2D eigenvalue weighted by molar-refractivity contribution is -0.387. The van der Waals surface area contributed by atoms with Crippen LogP contribution in [-0.4, -0.2) is 34.0 Å². The number of nitrogens with one attached hydrogen (secondary N) is 1. The zero-order valence-corrected chi connectivity index (χ0v) is 15.4. The number of fused-ring (bicyclic) bond motifs is 1. The summed E-state index contributed by atoms with van der Waals surface area (Å²) in [6.45, 7) is 1.48. The summed E-state index contributed by atoms with van der Waals surface area (Å²) in [5.41, 5.74) is 1.09. The Morgan fingerprint density at radius 1 is 1.22 bits per heavy atom. The van der Waals surface area contributed by atoms with Crippen molar-refractivity contribution in [1.29, 1.82) is 0 Å². The van der Waals surface area contributed by atoms with Crippen LogP contribution in [0.2, 0.25) is 0 Å². The molecule has 0 amide bonds. The average molecular weight is 384 g/mol. The Kier molecular flexibility index (Phi) is 5.27. The molecule has 138 valence electrons. The average Bonchev–Trinajstić information content (AvgIpc) is 3.10. The minimum atomic E-state index is -1.03. The molecule has 0 fully saturated rings. The standard InChI is InChI=1S/C19H16N2O5S/c1-11(18(22)14-10-20-15-6-4-3-5-13(14)15)26-19(23)12-7-8-17(27-2)16(9-12)21(24)25/h3-11,20H,1-2H3/t11-/m0/s1. The van der Waals surface area contributed by atoms with Gasteiger partial charge in [0.25, 0.3) is 5.69 Å². The number of aromatic nitrogens is 1. The largest absolute Gasteiger partial charge is 0.451 e. The van der Waals surface area contributed by atoms with Crippen molar-refractivity contribution in [3.05, 3.63) is 69.9 Å². The predicted octanol–water partition coefficient (Wildman–Crippen LogP) is 4.23. The second-order valence-corrected chi connectivity index (χ2v) is 6.65. The van der Waals surface area contributed by atoms with Crippen molar-refractivity contribution in [1.82, 2.24) is 4.98 Å². The van der Waals surface area contributed by atoms with Gasteiger partial charge in [0.1, 0.15) is 0 Å². The first kappa shape index (κ1) is 18.7. The molecule has 1 atom stereocenters. The van der Waals surface area contributed by atoms with E-state index in [0.717, 1.165) is 17.0 Å². The number of esters is 1. The molecule has 0 aliphatic heterocycles. The van der Waals surface area contributed by atoms with Gasteiger partial charge in [-0.2, -0.15) is 0 Å². The van der Waals surface area contributed by atoms with Crippen LogP contribution in [0, 0.1) is 10.1 Å². The molecule has 3 aromatic rings. The number of carbonyl (C=O) groups is 2. The number of ether oxygens (including phenoxy) is 1. The smallest absolute Gasteiger partial charge is 0.339 e. The van der Waals surface area contributed by atoms with E-state index in [2.05, 4.69) is 4.98 Å². The first-order valence-electron chi connectivity index (χ1n) is 8.06. The fraction of sp³-hybridized carbons (Fsp3) is 0.158. The molecule has 8 heteroatoms. The molecule has 0 radical (unpaired) electrons. The third kappa shape index (κ3) is 3.70. The Morgan fingerprint density at radius 2 is 1.96 bits per heavy atom. The zero-order chi connectivity index (χ0) is 19.6. The third-order valence-electron chi connectivity index (χ3n) is 4.12. The molecule has 0 saturated heterocycles. The van der Waals surface area contributed by atoms with Crippen LogP contribution in [0.25, 0.3) is 10.9 Å². The highest BCUT2D eigenvalue weighted by molar-refractivity contribution is 7.98. The maximum Gasteiger partial charge on any atom is 0.339 e. The second kappa shape index (κ2) is 7.63. The molecule has 1 N–H and O–H groups in total. The van der Waals surface area contributed by atoms with Gasteiger partial charge < -0.3 is 9.72 Å². The molecule has 27 heavy (non-hydrogen) atoms. The Morgan fingerprint density at radius 3 is 2.67 bits per heavy atom. The van der Waals surface area contributed by atoms with Crippen LogP contribution >= 0.6 is 11.8 Å². The molecule has 3 rings (SSSR count). The van der Waals surface area contributed by atoms with E-state index in [-0.39, 0.29) is 17.0 Å². The van der Waals surface area contributed by atoms with E-state index in [1.54, 1.807) is 18.5 Å². The monoisotopic (exact) mass is 384 g/mol. The number of thioether (sulfide) groups is 1. The van der Waals surface area contributed by atoms with Crippen molar-refractivity contribution in [2.24, 2.45) is 0 Å². The van der Waals surface area contributed by atoms with Crippen LogP contribution < -0.4 is 0 Å². The number of nitrogens with zero attached hydrogens (tertiary/aromatic N) is 1. The molecule has 0 spiro atoms. The number of aromatic amines is 1. The van der Waals surface area contributed by atoms with Gasteiger partial charge in [-0.3, -0.25) is 14.9 Å². The molecule has 1 aromatic heterocycles. The van der Waals surface area contributed by atoms with E-state index in [1.165, 1.54) is 30.8 Å². The summed E-state index contributed by atoms with van der Waals surface area (Å²) in [6.07, 6.45) is 2.26. The summed E-state index contributed by atoms with van der Waals surface area (Å²) in [5, 5.41) is 11.9. The SMILES string of the molecule is CSc1ccc(C(=O)O[C@@H](C)C(=O)c2c[nH]c3ccccc23)cc1[N+](=O)[O-]. The number of hydrogen-bond acceptors (Lipinski definition) is 6. The van der Waals surface area contributed by atoms with Gasteiger partial charge in [-0.25, -0.2) is 4.79 Å². The van der Waals surface area contributed by atoms with E-state index in [1.807, 2.05) is 18.2 Å². The number of nitro groups is 1. The van der Waals surface area contributed by atoms with Crippen LogP contribution in [0.5, 0.6) is 0 Å². The van der Waals surface area contributed by atoms with E-state index in [9.17, 15) is 19.7 Å². The van der Waals surface area contributed by atoms with Gasteiger partial charge in [0.05, 0.1) is 15.4 Å². The summed E-state index contributed by atoms with van der Waals surface area (Å²) in [5.74, 6) is -1.14. The number of nitro benzene ring substituents is 1. The van der Waals surface area contributed by atoms with Crippen molar-refractivity contribution < 1.29 is 19.2 Å². The molecule has 0 saturated carbocycles. The van der Waals surface area contributed by atoms with Crippen molar-refractivity contribution in [2.75, 3.05) is 6.26 Å². The van der Waals surface area contributed by atoms with Crippen molar-refractivity contribution in [3.63, 3.8) is 0 Å². The maximum atomic E-state index is 12.7. The topological polar surface area (TPSA) is 102 Å². The summed E-state index contributed by atoms with van der Waals surface area (Å²) < 4.78 is 5.25. The van der Waals surface area contributed by atoms with E-state index >= 15 is 0 Å². The molecule has 1 heterocycles. The van der Waals surface area contributed by atoms with Gasteiger partial charge >= 0.3 is 5.97 Å². The van der Waals surface area contributed by atoms with Gasteiger partial charge in [0, 0.05) is 28.7 Å². The van der Waals surface area contributed by atoms with Crippen molar-refractivity contribution >= 4 is 40.1 Å². The van der Waals surface area contributed by atoms with Crippen molar-refractivity contribution in [2.45, 2.75) is 17.9 Å². The van der Waals surface area contributed by atoms with Gasteiger partial charge in [-0.15, -0.1) is 11.8 Å². The molecule has 2 aromatic carbocycles. The van der Waals surface area contributed by atoms with Crippen LogP contribution in [0.3, 0.4) is 0 Å². The number of carbonyl (C=O) groups excluding carboxylic acids is 2. The number of para-hydroxylation sites is 1. The third-order valence-corrected chi connectivity index (χ3v) is 4.90. The number of H-pyrrole nitrogens is 1. The van der Waals surface area contributed by atoms with Gasteiger partial charge in [0.15, 0.2) is 6.10 Å². The molecular weight excluding hydrogens is 368 g/mol. The van der Waals surface area contributed by atoms with Crippen LogP contribution in [0.15, 0.2) is 53.6 Å². The Hall–Kier alpha value is -3.13. The number of benzene rings is 2.